The lowest BCUT2D eigenvalue weighted by molar-refractivity contribution is 0.247. The summed E-state index contributed by atoms with van der Waals surface area (Å²) >= 11 is 12.0. The number of carbonyl (C=O) groups excluding carboxylic acids is 1. The molecule has 2 rings (SSSR count). The zero-order valence-electron chi connectivity index (χ0n) is 12.0. The first-order chi connectivity index (χ1) is 9.99. The molecule has 116 valence electrons. The maximum Gasteiger partial charge on any atom is 0.319 e. The molecule has 0 unspecified atom stereocenters. The molecule has 6 heteroatoms. The van der Waals surface area contributed by atoms with Gasteiger partial charge in [-0.1, -0.05) is 42.5 Å². The third kappa shape index (κ3) is 4.17. The molecular weight excluding hydrogens is 311 g/mol. The van der Waals surface area contributed by atoms with E-state index in [1.807, 2.05) is 0 Å². The number of benzene rings is 1. The van der Waals surface area contributed by atoms with Crippen LogP contribution >= 0.6 is 23.2 Å². The van der Waals surface area contributed by atoms with E-state index >= 15 is 0 Å². The summed E-state index contributed by atoms with van der Waals surface area (Å²) in [6.07, 6.45) is 6.08. The molecule has 0 aliphatic heterocycles. The fourth-order valence-electron chi connectivity index (χ4n) is 2.59. The van der Waals surface area contributed by atoms with Gasteiger partial charge in [-0.15, -0.1) is 0 Å². The van der Waals surface area contributed by atoms with Crippen molar-refractivity contribution in [3.05, 3.63) is 21.7 Å². The number of hydrogen-bond donors (Lipinski definition) is 3. The van der Waals surface area contributed by atoms with Crippen LogP contribution in [0.15, 0.2) is 6.07 Å². The molecular formula is C15H20Cl2N2O2. The maximum absolute atomic E-state index is 11.9. The zero-order valence-corrected chi connectivity index (χ0v) is 13.5. The lowest BCUT2D eigenvalue weighted by Gasteiger charge is -2.22. The standard InChI is InChI=1S/C15H20Cl2N2O2/c1-9-11(16)7-12(14(20)13(9)17)19-15(21)18-8-10-5-3-2-4-6-10/h7,10,20H,2-6,8H2,1H3,(H2,18,19,21). The van der Waals surface area contributed by atoms with Crippen LogP contribution in [0.25, 0.3) is 0 Å². The highest BCUT2D eigenvalue weighted by Gasteiger charge is 2.16. The van der Waals surface area contributed by atoms with Crippen molar-refractivity contribution in [2.45, 2.75) is 39.0 Å². The minimum atomic E-state index is -0.355. The van der Waals surface area contributed by atoms with Crippen molar-refractivity contribution < 1.29 is 9.90 Å². The first kappa shape index (κ1) is 16.2. The van der Waals surface area contributed by atoms with Gasteiger partial charge in [0.2, 0.25) is 0 Å². The number of rotatable bonds is 3. The molecule has 1 aromatic rings. The molecule has 2 amide bonds. The van der Waals surface area contributed by atoms with E-state index in [-0.39, 0.29) is 22.5 Å². The molecule has 0 spiro atoms. The molecule has 3 N–H and O–H groups in total. The SMILES string of the molecule is Cc1c(Cl)cc(NC(=O)NCC2CCCCC2)c(O)c1Cl. The Balaban J connectivity index is 1.93. The van der Waals surface area contributed by atoms with Crippen LogP contribution in [-0.2, 0) is 0 Å². The predicted molar refractivity (Wildman–Crippen MR) is 86.5 cm³/mol. The smallest absolute Gasteiger partial charge is 0.319 e. The van der Waals surface area contributed by atoms with Gasteiger partial charge >= 0.3 is 6.03 Å². The molecule has 0 bridgehead atoms. The van der Waals surface area contributed by atoms with Gasteiger partial charge in [0, 0.05) is 11.6 Å². The number of urea groups is 1. The number of halogens is 2. The van der Waals surface area contributed by atoms with Crippen LogP contribution in [0, 0.1) is 12.8 Å². The van der Waals surface area contributed by atoms with Crippen molar-refractivity contribution in [2.24, 2.45) is 5.92 Å². The number of anilines is 1. The highest BCUT2D eigenvalue weighted by Crippen LogP contribution is 2.38. The topological polar surface area (TPSA) is 61.4 Å². The van der Waals surface area contributed by atoms with Gasteiger partial charge in [-0.25, -0.2) is 4.79 Å². The summed E-state index contributed by atoms with van der Waals surface area (Å²) in [5, 5.41) is 15.9. The Bertz CT molecular complexity index is 529. The largest absolute Gasteiger partial charge is 0.504 e. The molecule has 0 radical (unpaired) electrons. The first-order valence-electron chi connectivity index (χ1n) is 7.21. The molecule has 4 nitrogen and oxygen atoms in total. The highest BCUT2D eigenvalue weighted by atomic mass is 35.5. The van der Waals surface area contributed by atoms with Crippen molar-refractivity contribution in [1.82, 2.24) is 5.32 Å². The Morgan fingerprint density at radius 3 is 2.67 bits per heavy atom. The molecule has 0 saturated heterocycles. The Morgan fingerprint density at radius 1 is 1.33 bits per heavy atom. The Morgan fingerprint density at radius 2 is 2.00 bits per heavy atom. The van der Waals surface area contributed by atoms with E-state index in [0.717, 1.165) is 12.8 Å². The van der Waals surface area contributed by atoms with Gasteiger partial charge in [0.25, 0.3) is 0 Å². The average Bonchev–Trinajstić information content (AvgIpc) is 2.49. The lowest BCUT2D eigenvalue weighted by atomic mass is 9.89. The summed E-state index contributed by atoms with van der Waals surface area (Å²) in [6, 6.07) is 1.14. The van der Waals surface area contributed by atoms with E-state index in [2.05, 4.69) is 10.6 Å². The van der Waals surface area contributed by atoms with Crippen molar-refractivity contribution >= 4 is 34.9 Å². The minimum absolute atomic E-state index is 0.157. The molecule has 1 aliphatic carbocycles. The molecule has 1 fully saturated rings. The fourth-order valence-corrected chi connectivity index (χ4v) is 3.05. The molecule has 1 aromatic carbocycles. The van der Waals surface area contributed by atoms with Crippen LogP contribution in [0.5, 0.6) is 5.75 Å². The summed E-state index contributed by atoms with van der Waals surface area (Å²) in [5.41, 5.74) is 0.806. The Kier molecular flexibility index (Phi) is 5.59. The Labute approximate surface area is 134 Å². The monoisotopic (exact) mass is 330 g/mol. The number of hydrogen-bond acceptors (Lipinski definition) is 2. The molecule has 1 saturated carbocycles. The van der Waals surface area contributed by atoms with E-state index in [1.54, 1.807) is 6.92 Å². The molecule has 21 heavy (non-hydrogen) atoms. The van der Waals surface area contributed by atoms with Gasteiger partial charge in [-0.2, -0.15) is 0 Å². The van der Waals surface area contributed by atoms with Crippen LogP contribution in [0.1, 0.15) is 37.7 Å². The van der Waals surface area contributed by atoms with Crippen LogP contribution < -0.4 is 10.6 Å². The van der Waals surface area contributed by atoms with Gasteiger partial charge in [-0.05, 0) is 37.3 Å². The second-order valence-corrected chi connectivity index (χ2v) is 6.32. The van der Waals surface area contributed by atoms with Gasteiger partial charge in [-0.3, -0.25) is 0 Å². The molecule has 1 aliphatic rings. The number of nitrogens with one attached hydrogen (secondary N) is 2. The van der Waals surface area contributed by atoms with E-state index in [1.165, 1.54) is 25.3 Å². The summed E-state index contributed by atoms with van der Waals surface area (Å²) in [5.74, 6) is 0.384. The van der Waals surface area contributed by atoms with Gasteiger partial charge in [0.05, 0.1) is 10.7 Å². The van der Waals surface area contributed by atoms with E-state index in [4.69, 9.17) is 23.2 Å². The van der Waals surface area contributed by atoms with Crippen LogP contribution in [0.4, 0.5) is 10.5 Å². The number of phenolic OH excluding ortho intramolecular Hbond substituents is 1. The van der Waals surface area contributed by atoms with Crippen LogP contribution in [0.2, 0.25) is 10.0 Å². The molecule has 0 atom stereocenters. The summed E-state index contributed by atoms with van der Waals surface area (Å²) in [4.78, 5) is 11.9. The van der Waals surface area contributed by atoms with Crippen LogP contribution in [0.3, 0.4) is 0 Å². The van der Waals surface area contributed by atoms with E-state index in [9.17, 15) is 9.90 Å². The van der Waals surface area contributed by atoms with E-state index in [0.29, 0.717) is 23.0 Å². The summed E-state index contributed by atoms with van der Waals surface area (Å²) in [7, 11) is 0. The number of carbonyl (C=O) groups is 1. The summed E-state index contributed by atoms with van der Waals surface area (Å²) < 4.78 is 0. The lowest BCUT2D eigenvalue weighted by Crippen LogP contribution is -2.33. The first-order valence-corrected chi connectivity index (χ1v) is 7.97. The van der Waals surface area contributed by atoms with E-state index < -0.39 is 0 Å². The third-order valence-electron chi connectivity index (χ3n) is 3.95. The fraction of sp³-hybridized carbons (Fsp3) is 0.533. The van der Waals surface area contributed by atoms with Crippen molar-refractivity contribution in [2.75, 3.05) is 11.9 Å². The van der Waals surface area contributed by atoms with Gasteiger partial charge < -0.3 is 15.7 Å². The second-order valence-electron chi connectivity index (χ2n) is 5.53. The van der Waals surface area contributed by atoms with Crippen LogP contribution in [-0.4, -0.2) is 17.7 Å². The number of aromatic hydroxyl groups is 1. The average molecular weight is 331 g/mol. The summed E-state index contributed by atoms with van der Waals surface area (Å²) in [6.45, 7) is 2.36. The number of phenols is 1. The second kappa shape index (κ2) is 7.23. The predicted octanol–water partition coefficient (Wildman–Crippen LogP) is 4.71. The maximum atomic E-state index is 11.9. The number of amides is 2. The third-order valence-corrected chi connectivity index (χ3v) is 4.80. The van der Waals surface area contributed by atoms with Gasteiger partial charge in [0.1, 0.15) is 0 Å². The van der Waals surface area contributed by atoms with Crippen molar-refractivity contribution in [1.29, 1.82) is 0 Å². The van der Waals surface area contributed by atoms with Crippen molar-refractivity contribution in [3.8, 4) is 5.75 Å². The zero-order chi connectivity index (χ0) is 15.4. The quantitative estimate of drug-likeness (QED) is 0.703. The van der Waals surface area contributed by atoms with Gasteiger partial charge in [0.15, 0.2) is 5.75 Å². The normalized spacial score (nSPS) is 15.8. The molecule has 0 heterocycles. The Hall–Kier alpha value is -1.13. The van der Waals surface area contributed by atoms with Crippen molar-refractivity contribution in [3.63, 3.8) is 0 Å². The highest BCUT2D eigenvalue weighted by molar-refractivity contribution is 6.37. The minimum Gasteiger partial charge on any atom is -0.504 e. The molecule has 0 aromatic heterocycles.